The van der Waals surface area contributed by atoms with Crippen molar-refractivity contribution in [2.24, 2.45) is 0 Å². The summed E-state index contributed by atoms with van der Waals surface area (Å²) in [6.45, 7) is 1.47. The number of carbonyl (C=O) groups excluding carboxylic acids is 1. The molecule has 25 heavy (non-hydrogen) atoms. The van der Waals surface area contributed by atoms with Gasteiger partial charge in [0.25, 0.3) is 0 Å². The summed E-state index contributed by atoms with van der Waals surface area (Å²) in [5, 5.41) is 14.4. The SMILES string of the molecule is Cc1nn(-c2ccccc2)c(O)c1C(=O)c1cc(F)c(F)c(F)c1.[Cu]. The largest absolute Gasteiger partial charge is 0.493 e. The van der Waals surface area contributed by atoms with Gasteiger partial charge in [0.1, 0.15) is 5.56 Å². The molecule has 0 bridgehead atoms. The van der Waals surface area contributed by atoms with Crippen LogP contribution in [0.2, 0.25) is 0 Å². The quantitative estimate of drug-likeness (QED) is 0.419. The Morgan fingerprint density at radius 2 is 1.64 bits per heavy atom. The van der Waals surface area contributed by atoms with Crippen LogP contribution in [0, 0.1) is 24.4 Å². The second-order valence-electron chi connectivity index (χ2n) is 5.11. The zero-order chi connectivity index (χ0) is 17.4. The van der Waals surface area contributed by atoms with Crippen molar-refractivity contribution >= 4 is 5.78 Å². The molecule has 0 unspecified atom stereocenters. The fraction of sp³-hybridized carbons (Fsp3) is 0.0588. The van der Waals surface area contributed by atoms with E-state index in [1.54, 1.807) is 30.3 Å². The molecule has 0 atom stereocenters. The molecule has 0 saturated heterocycles. The third-order valence-electron chi connectivity index (χ3n) is 3.51. The van der Waals surface area contributed by atoms with Gasteiger partial charge in [-0.25, -0.2) is 17.9 Å². The number of hydrogen-bond donors (Lipinski definition) is 1. The van der Waals surface area contributed by atoms with E-state index in [9.17, 15) is 23.1 Å². The molecule has 0 aliphatic heterocycles. The van der Waals surface area contributed by atoms with Gasteiger partial charge in [0.2, 0.25) is 11.7 Å². The average Bonchev–Trinajstić information content (AvgIpc) is 2.87. The van der Waals surface area contributed by atoms with E-state index in [4.69, 9.17) is 0 Å². The van der Waals surface area contributed by atoms with Crippen molar-refractivity contribution in [3.63, 3.8) is 0 Å². The Kier molecular flexibility index (Phi) is 5.35. The van der Waals surface area contributed by atoms with Crippen molar-refractivity contribution in [1.82, 2.24) is 9.78 Å². The van der Waals surface area contributed by atoms with Crippen molar-refractivity contribution in [3.8, 4) is 11.6 Å². The molecule has 3 rings (SSSR count). The predicted octanol–water partition coefficient (Wildman–Crippen LogP) is 3.53. The zero-order valence-corrected chi connectivity index (χ0v) is 13.7. The molecule has 0 saturated carbocycles. The fourth-order valence-corrected chi connectivity index (χ4v) is 2.36. The summed E-state index contributed by atoms with van der Waals surface area (Å²) in [7, 11) is 0. The maximum Gasteiger partial charge on any atom is 0.225 e. The summed E-state index contributed by atoms with van der Waals surface area (Å²) < 4.78 is 40.8. The molecular formula is C17H11CuF3N2O2. The van der Waals surface area contributed by atoms with Crippen LogP contribution >= 0.6 is 0 Å². The first-order chi connectivity index (χ1) is 11.4. The summed E-state index contributed by atoms with van der Waals surface area (Å²) in [6.07, 6.45) is 0. The minimum Gasteiger partial charge on any atom is -0.493 e. The smallest absolute Gasteiger partial charge is 0.225 e. The van der Waals surface area contributed by atoms with E-state index in [1.165, 1.54) is 6.92 Å². The maximum atomic E-state index is 13.3. The molecule has 1 aromatic heterocycles. The van der Waals surface area contributed by atoms with Crippen molar-refractivity contribution in [3.05, 3.63) is 76.7 Å². The van der Waals surface area contributed by atoms with Gasteiger partial charge in [-0.1, -0.05) is 18.2 Å². The summed E-state index contributed by atoms with van der Waals surface area (Å²) in [6, 6.07) is 9.71. The standard InChI is InChI=1S/C17H11F3N2O2.Cu/c1-9-14(16(23)10-7-12(18)15(20)13(19)8-10)17(24)22(21-9)11-5-3-2-4-6-11;/h2-8,24H,1H3;. The predicted molar refractivity (Wildman–Crippen MR) is 79.7 cm³/mol. The van der Waals surface area contributed by atoms with Crippen LogP contribution in [0.25, 0.3) is 5.69 Å². The second-order valence-corrected chi connectivity index (χ2v) is 5.11. The molecule has 2 aromatic carbocycles. The van der Waals surface area contributed by atoms with Crippen LogP contribution in [0.1, 0.15) is 21.6 Å². The number of hydrogen-bond acceptors (Lipinski definition) is 3. The van der Waals surface area contributed by atoms with Crippen molar-refractivity contribution in [1.29, 1.82) is 0 Å². The second kappa shape index (κ2) is 7.13. The Balaban J connectivity index is 0.00000225. The molecule has 4 nitrogen and oxygen atoms in total. The van der Waals surface area contributed by atoms with Gasteiger partial charge in [0.15, 0.2) is 17.5 Å². The molecular weight excluding hydrogens is 385 g/mol. The summed E-state index contributed by atoms with van der Waals surface area (Å²) in [5.74, 6) is -5.94. The zero-order valence-electron chi connectivity index (χ0n) is 12.7. The van der Waals surface area contributed by atoms with Crippen molar-refractivity contribution in [2.45, 2.75) is 6.92 Å². The molecule has 1 heterocycles. The number of aromatic nitrogens is 2. The van der Waals surface area contributed by atoms with Gasteiger partial charge in [-0.2, -0.15) is 5.10 Å². The Bertz CT molecular complexity index is 920. The molecule has 3 aromatic rings. The Hall–Kier alpha value is -2.57. The van der Waals surface area contributed by atoms with Crippen LogP contribution in [-0.4, -0.2) is 20.7 Å². The number of halogens is 3. The number of carbonyl (C=O) groups is 1. The van der Waals surface area contributed by atoms with Gasteiger partial charge in [-0.05, 0) is 31.2 Å². The van der Waals surface area contributed by atoms with Crippen molar-refractivity contribution in [2.75, 3.05) is 0 Å². The third kappa shape index (κ3) is 3.31. The Morgan fingerprint density at radius 1 is 1.08 bits per heavy atom. The number of benzene rings is 2. The summed E-state index contributed by atoms with van der Waals surface area (Å²) in [4.78, 5) is 12.5. The number of aromatic hydroxyl groups is 1. The van der Waals surface area contributed by atoms with Crippen LogP contribution < -0.4 is 0 Å². The van der Waals surface area contributed by atoms with E-state index in [0.717, 1.165) is 4.68 Å². The molecule has 0 aliphatic rings. The van der Waals surface area contributed by atoms with Gasteiger partial charge in [-0.3, -0.25) is 4.79 Å². The van der Waals surface area contributed by atoms with E-state index in [0.29, 0.717) is 17.8 Å². The van der Waals surface area contributed by atoms with Crippen LogP contribution in [0.4, 0.5) is 13.2 Å². The molecule has 133 valence electrons. The topological polar surface area (TPSA) is 55.1 Å². The summed E-state index contributed by atoms with van der Waals surface area (Å²) in [5.41, 5.74) is 0.0572. The third-order valence-corrected chi connectivity index (χ3v) is 3.51. The number of para-hydroxylation sites is 1. The first kappa shape index (κ1) is 18.8. The number of rotatable bonds is 3. The Labute approximate surface area is 151 Å². The molecule has 0 fully saturated rings. The van der Waals surface area contributed by atoms with Gasteiger partial charge in [0.05, 0.1) is 11.4 Å². The van der Waals surface area contributed by atoms with E-state index in [1.807, 2.05) is 0 Å². The van der Waals surface area contributed by atoms with E-state index in [2.05, 4.69) is 5.10 Å². The number of aryl methyl sites for hydroxylation is 1. The van der Waals surface area contributed by atoms with Crippen molar-refractivity contribution < 1.29 is 40.1 Å². The van der Waals surface area contributed by atoms with Crippen LogP contribution in [0.15, 0.2) is 42.5 Å². The van der Waals surface area contributed by atoms with E-state index >= 15 is 0 Å². The molecule has 8 heteroatoms. The van der Waals surface area contributed by atoms with Crippen LogP contribution in [-0.2, 0) is 17.1 Å². The van der Waals surface area contributed by atoms with E-state index in [-0.39, 0.29) is 28.3 Å². The first-order valence-corrected chi connectivity index (χ1v) is 6.93. The molecule has 0 aliphatic carbocycles. The van der Waals surface area contributed by atoms with Crippen LogP contribution in [0.3, 0.4) is 0 Å². The molecule has 1 radical (unpaired) electrons. The molecule has 0 amide bonds. The van der Waals surface area contributed by atoms with Gasteiger partial charge >= 0.3 is 0 Å². The summed E-state index contributed by atoms with van der Waals surface area (Å²) >= 11 is 0. The molecule has 0 spiro atoms. The van der Waals surface area contributed by atoms with Crippen LogP contribution in [0.5, 0.6) is 5.88 Å². The van der Waals surface area contributed by atoms with E-state index < -0.39 is 34.7 Å². The number of nitrogens with zero attached hydrogens (tertiary/aromatic N) is 2. The molecule has 1 N–H and O–H groups in total. The minimum absolute atomic E-state index is 0. The maximum absolute atomic E-state index is 13.3. The fourth-order valence-electron chi connectivity index (χ4n) is 2.36. The normalized spacial score (nSPS) is 10.4. The van der Waals surface area contributed by atoms with Gasteiger partial charge < -0.3 is 5.11 Å². The van der Waals surface area contributed by atoms with Gasteiger partial charge in [-0.15, -0.1) is 0 Å². The average molecular weight is 396 g/mol. The monoisotopic (exact) mass is 395 g/mol. The van der Waals surface area contributed by atoms with Gasteiger partial charge in [0, 0.05) is 22.6 Å². The first-order valence-electron chi connectivity index (χ1n) is 6.93. The minimum atomic E-state index is -1.66. The number of ketones is 1. The Morgan fingerprint density at radius 3 is 2.20 bits per heavy atom.